The fourth-order valence-corrected chi connectivity index (χ4v) is 2.54. The zero-order valence-corrected chi connectivity index (χ0v) is 17.0. The lowest BCUT2D eigenvalue weighted by molar-refractivity contribution is 0.0943. The van der Waals surface area contributed by atoms with E-state index in [1.54, 1.807) is 19.2 Å². The molecule has 0 fully saturated rings. The van der Waals surface area contributed by atoms with Crippen LogP contribution in [-0.4, -0.2) is 21.3 Å². The number of nitrogens with one attached hydrogen (secondary N) is 2. The summed E-state index contributed by atoms with van der Waals surface area (Å²) in [4.78, 5) is 12.4. The Balaban J connectivity index is 2.12. The summed E-state index contributed by atoms with van der Waals surface area (Å²) in [6.45, 7) is 0. The van der Waals surface area contributed by atoms with Crippen LogP contribution in [0.3, 0.4) is 0 Å². The van der Waals surface area contributed by atoms with Gasteiger partial charge in [0.2, 0.25) is 0 Å². The van der Waals surface area contributed by atoms with Gasteiger partial charge >= 0.3 is 0 Å². The number of benzene rings is 2. The van der Waals surface area contributed by atoms with E-state index in [0.717, 1.165) is 11.4 Å². The molecule has 0 aliphatic rings. The van der Waals surface area contributed by atoms with E-state index in [1.165, 1.54) is 0 Å². The molecule has 2 aromatic carbocycles. The second-order valence-electron chi connectivity index (χ2n) is 4.69. The van der Waals surface area contributed by atoms with Crippen molar-refractivity contribution < 1.29 is 9.53 Å². The molecule has 1 unspecified atom stereocenters. The Morgan fingerprint density at radius 1 is 1.04 bits per heavy atom. The summed E-state index contributed by atoms with van der Waals surface area (Å²) in [7, 11) is 1.62. The Morgan fingerprint density at radius 2 is 1.65 bits per heavy atom. The summed E-state index contributed by atoms with van der Waals surface area (Å²) < 4.78 is 4.43. The van der Waals surface area contributed by atoms with Gasteiger partial charge in [-0.15, -0.1) is 0 Å². The SMILES string of the molecule is COc1ccc(NC(NC(=O)c2ccccc2)C(Br)(Br)Br)cc1. The minimum absolute atomic E-state index is 0.181. The molecule has 0 heterocycles. The van der Waals surface area contributed by atoms with Crippen molar-refractivity contribution in [3.8, 4) is 5.75 Å². The number of carbonyl (C=O) groups is 1. The van der Waals surface area contributed by atoms with Gasteiger partial charge in [-0.1, -0.05) is 66.0 Å². The van der Waals surface area contributed by atoms with Crippen molar-refractivity contribution in [3.63, 3.8) is 0 Å². The third kappa shape index (κ3) is 5.51. The van der Waals surface area contributed by atoms with Crippen LogP contribution in [0.5, 0.6) is 5.75 Å². The molecule has 1 amide bonds. The van der Waals surface area contributed by atoms with Gasteiger partial charge in [-0.3, -0.25) is 4.79 Å². The quantitative estimate of drug-likeness (QED) is 0.456. The van der Waals surface area contributed by atoms with Crippen LogP contribution in [0.2, 0.25) is 0 Å². The maximum atomic E-state index is 12.4. The van der Waals surface area contributed by atoms with E-state index < -0.39 is 8.31 Å². The average Bonchev–Trinajstić information content (AvgIpc) is 2.54. The zero-order valence-electron chi connectivity index (χ0n) is 12.2. The van der Waals surface area contributed by atoms with Crippen LogP contribution in [0.25, 0.3) is 0 Å². The number of amides is 1. The molecule has 0 aliphatic heterocycles. The summed E-state index contributed by atoms with van der Waals surface area (Å²) in [6.07, 6.45) is -0.455. The first kappa shape index (κ1) is 18.3. The lowest BCUT2D eigenvalue weighted by Crippen LogP contribution is -2.48. The number of ether oxygens (including phenoxy) is 1. The number of carbonyl (C=O) groups excluding carboxylic acids is 1. The third-order valence-corrected chi connectivity index (χ3v) is 4.41. The number of methoxy groups -OCH3 is 1. The highest BCUT2D eigenvalue weighted by Crippen LogP contribution is 2.37. The molecule has 0 radical (unpaired) electrons. The minimum Gasteiger partial charge on any atom is -0.497 e. The van der Waals surface area contributed by atoms with Crippen molar-refractivity contribution in [2.24, 2.45) is 0 Å². The van der Waals surface area contributed by atoms with Crippen molar-refractivity contribution in [1.82, 2.24) is 5.32 Å². The summed E-state index contributed by atoms with van der Waals surface area (Å²) in [6, 6.07) is 16.5. The maximum Gasteiger partial charge on any atom is 0.252 e. The molecule has 0 spiro atoms. The predicted molar refractivity (Wildman–Crippen MR) is 104 cm³/mol. The maximum absolute atomic E-state index is 12.4. The summed E-state index contributed by atoms with van der Waals surface area (Å²) in [5, 5.41) is 6.17. The molecule has 7 heteroatoms. The molecule has 2 N–H and O–H groups in total. The molecule has 2 aromatic rings. The second kappa shape index (κ2) is 8.17. The number of alkyl halides is 3. The first-order valence-corrected chi connectivity index (χ1v) is 9.11. The van der Waals surface area contributed by atoms with Gasteiger partial charge in [-0.25, -0.2) is 0 Å². The second-order valence-corrected chi connectivity index (χ2v) is 11.6. The predicted octanol–water partition coefficient (Wildman–Crippen LogP) is 4.70. The van der Waals surface area contributed by atoms with Gasteiger partial charge in [0.15, 0.2) is 2.14 Å². The highest BCUT2D eigenvalue weighted by molar-refractivity contribution is 9.39. The Morgan fingerprint density at radius 3 is 2.17 bits per heavy atom. The van der Waals surface area contributed by atoms with Crippen molar-refractivity contribution in [2.45, 2.75) is 8.31 Å². The summed E-state index contributed by atoms with van der Waals surface area (Å²) in [5.41, 5.74) is 1.43. The first-order chi connectivity index (χ1) is 10.9. The van der Waals surface area contributed by atoms with E-state index in [9.17, 15) is 4.79 Å². The van der Waals surface area contributed by atoms with Gasteiger partial charge in [0.25, 0.3) is 5.91 Å². The standard InChI is InChI=1S/C16H15Br3N2O2/c1-23-13-9-7-12(8-10-13)20-15(16(17,18)19)21-14(22)11-5-3-2-4-6-11/h2-10,15,20H,1H3,(H,21,22). The van der Waals surface area contributed by atoms with Crippen LogP contribution in [0.1, 0.15) is 10.4 Å². The normalized spacial score (nSPS) is 12.3. The van der Waals surface area contributed by atoms with E-state index in [-0.39, 0.29) is 5.91 Å². The first-order valence-electron chi connectivity index (χ1n) is 6.73. The van der Waals surface area contributed by atoms with Gasteiger partial charge in [-0.05, 0) is 36.4 Å². The van der Waals surface area contributed by atoms with Crippen LogP contribution >= 0.6 is 47.8 Å². The lowest BCUT2D eigenvalue weighted by atomic mass is 10.2. The fourth-order valence-electron chi connectivity index (χ4n) is 1.86. The smallest absolute Gasteiger partial charge is 0.252 e. The molecule has 0 aliphatic carbocycles. The van der Waals surface area contributed by atoms with Gasteiger partial charge in [-0.2, -0.15) is 0 Å². The van der Waals surface area contributed by atoms with Gasteiger partial charge < -0.3 is 15.4 Å². The molecule has 0 bridgehead atoms. The number of hydrogen-bond acceptors (Lipinski definition) is 3. The van der Waals surface area contributed by atoms with Crippen molar-refractivity contribution in [1.29, 1.82) is 0 Å². The Hall–Kier alpha value is -1.05. The van der Waals surface area contributed by atoms with Gasteiger partial charge in [0.05, 0.1) is 7.11 Å². The molecule has 2 rings (SSSR count). The summed E-state index contributed by atoms with van der Waals surface area (Å²) in [5.74, 6) is 0.586. The molecule has 1 atom stereocenters. The lowest BCUT2D eigenvalue weighted by Gasteiger charge is -2.28. The molecule has 0 aromatic heterocycles. The van der Waals surface area contributed by atoms with Gasteiger partial charge in [0.1, 0.15) is 11.9 Å². The molecule has 122 valence electrons. The topological polar surface area (TPSA) is 50.4 Å². The van der Waals surface area contributed by atoms with Crippen LogP contribution in [0.4, 0.5) is 5.69 Å². The number of halogens is 3. The fraction of sp³-hybridized carbons (Fsp3) is 0.188. The van der Waals surface area contributed by atoms with E-state index in [4.69, 9.17) is 4.74 Å². The largest absolute Gasteiger partial charge is 0.497 e. The molecular weight excluding hydrogens is 492 g/mol. The zero-order chi connectivity index (χ0) is 16.9. The highest BCUT2D eigenvalue weighted by atomic mass is 80.0. The minimum atomic E-state index is -0.711. The van der Waals surface area contributed by atoms with Crippen LogP contribution in [0.15, 0.2) is 54.6 Å². The van der Waals surface area contributed by atoms with E-state index in [1.807, 2.05) is 42.5 Å². The average molecular weight is 507 g/mol. The molecule has 0 saturated carbocycles. The monoisotopic (exact) mass is 504 g/mol. The Labute approximate surface area is 160 Å². The van der Waals surface area contributed by atoms with Crippen LogP contribution in [-0.2, 0) is 0 Å². The number of hydrogen-bond donors (Lipinski definition) is 2. The van der Waals surface area contributed by atoms with Crippen LogP contribution < -0.4 is 15.4 Å². The van der Waals surface area contributed by atoms with E-state index in [2.05, 4.69) is 58.4 Å². The molecule has 0 saturated heterocycles. The Kier molecular flexibility index (Phi) is 6.50. The number of rotatable bonds is 5. The highest BCUT2D eigenvalue weighted by Gasteiger charge is 2.32. The molecule has 23 heavy (non-hydrogen) atoms. The van der Waals surface area contributed by atoms with Crippen molar-refractivity contribution in [2.75, 3.05) is 12.4 Å². The molecule has 4 nitrogen and oxygen atoms in total. The van der Waals surface area contributed by atoms with Crippen LogP contribution in [0, 0.1) is 0 Å². The van der Waals surface area contributed by atoms with E-state index in [0.29, 0.717) is 5.56 Å². The Bertz CT molecular complexity index is 643. The summed E-state index contributed by atoms with van der Waals surface area (Å²) >= 11 is 10.4. The van der Waals surface area contributed by atoms with Crippen molar-refractivity contribution in [3.05, 3.63) is 60.2 Å². The van der Waals surface area contributed by atoms with E-state index >= 15 is 0 Å². The number of anilines is 1. The van der Waals surface area contributed by atoms with Gasteiger partial charge in [0, 0.05) is 11.3 Å². The third-order valence-electron chi connectivity index (χ3n) is 3.04. The van der Waals surface area contributed by atoms with Crippen molar-refractivity contribution >= 4 is 59.4 Å². The molecular formula is C16H15Br3N2O2.